The number of rotatable bonds is 0. The van der Waals surface area contributed by atoms with E-state index < -0.39 is 0 Å². The van der Waals surface area contributed by atoms with Crippen molar-refractivity contribution in [3.8, 4) is 0 Å². The van der Waals surface area contributed by atoms with Crippen molar-refractivity contribution >= 4 is 0 Å². The van der Waals surface area contributed by atoms with Gasteiger partial charge >= 0.3 is 0 Å². The maximum Gasteiger partial charge on any atom is -0.0348 e. The van der Waals surface area contributed by atoms with Crippen molar-refractivity contribution in [3.05, 3.63) is 109 Å². The molecule has 0 nitrogen and oxygen atoms in total. The maximum absolute atomic E-state index is 2.25. The van der Waals surface area contributed by atoms with Crippen LogP contribution in [0.2, 0.25) is 0 Å². The Kier molecular flexibility index (Phi) is 13.0. The minimum atomic E-state index is 1.17. The smallest absolute Gasteiger partial charge is 0.0348 e. The SMILES string of the molecule is C1=CCCCCC/C=C/C=C\C=C\C=C\C=C/C=C/C=C/C=C/1. The fourth-order valence-corrected chi connectivity index (χ4v) is 1.95. The summed E-state index contributed by atoms with van der Waals surface area (Å²) in [6.45, 7) is 0. The Labute approximate surface area is 142 Å². The van der Waals surface area contributed by atoms with E-state index in [1.165, 1.54) is 32.1 Å². The summed E-state index contributed by atoms with van der Waals surface area (Å²) in [5, 5.41) is 0. The quantitative estimate of drug-likeness (QED) is 0.454. The molecule has 120 valence electrons. The Morgan fingerprint density at radius 1 is 0.261 bits per heavy atom. The van der Waals surface area contributed by atoms with Crippen LogP contribution in [0.1, 0.15) is 32.1 Å². The molecule has 1 aliphatic carbocycles. The summed E-state index contributed by atoms with van der Waals surface area (Å²) in [4.78, 5) is 0. The molecule has 0 N–H and O–H groups in total. The van der Waals surface area contributed by atoms with Gasteiger partial charge < -0.3 is 0 Å². The maximum atomic E-state index is 2.25. The molecular formula is C23H28. The third-order valence-corrected chi connectivity index (χ3v) is 3.18. The van der Waals surface area contributed by atoms with Crippen LogP contribution in [-0.4, -0.2) is 0 Å². The molecule has 0 atom stereocenters. The Balaban J connectivity index is 2.50. The molecule has 23 heavy (non-hydrogen) atoms. The molecule has 0 aromatic rings. The Morgan fingerprint density at radius 2 is 0.522 bits per heavy atom. The third kappa shape index (κ3) is 14.4. The fourth-order valence-electron chi connectivity index (χ4n) is 1.95. The van der Waals surface area contributed by atoms with Gasteiger partial charge in [0, 0.05) is 0 Å². The van der Waals surface area contributed by atoms with Crippen LogP contribution >= 0.6 is 0 Å². The highest BCUT2D eigenvalue weighted by Gasteiger charge is 1.84. The summed E-state index contributed by atoms with van der Waals surface area (Å²) >= 11 is 0. The van der Waals surface area contributed by atoms with Gasteiger partial charge in [-0.15, -0.1) is 0 Å². The van der Waals surface area contributed by atoms with Crippen LogP contribution in [0.25, 0.3) is 0 Å². The molecule has 0 heterocycles. The van der Waals surface area contributed by atoms with Gasteiger partial charge in [0.25, 0.3) is 0 Å². The molecule has 0 aromatic heterocycles. The topological polar surface area (TPSA) is 0 Å². The molecule has 0 aromatic carbocycles. The molecule has 0 unspecified atom stereocenters. The molecule has 0 saturated heterocycles. The fraction of sp³-hybridized carbons (Fsp3) is 0.217. The Bertz CT molecular complexity index is 480. The largest absolute Gasteiger partial charge is 0.0845 e. The lowest BCUT2D eigenvalue weighted by atomic mass is 10.1. The van der Waals surface area contributed by atoms with Crippen LogP contribution in [0, 0.1) is 0 Å². The summed E-state index contributed by atoms with van der Waals surface area (Å²) < 4.78 is 0. The van der Waals surface area contributed by atoms with Crippen molar-refractivity contribution in [2.45, 2.75) is 32.1 Å². The third-order valence-electron chi connectivity index (χ3n) is 3.18. The van der Waals surface area contributed by atoms with Crippen LogP contribution in [0.15, 0.2) is 109 Å². The first kappa shape index (κ1) is 18.7. The molecule has 0 aliphatic heterocycles. The van der Waals surface area contributed by atoms with Crippen molar-refractivity contribution < 1.29 is 0 Å². The second kappa shape index (κ2) is 16.0. The second-order valence-corrected chi connectivity index (χ2v) is 5.19. The predicted molar refractivity (Wildman–Crippen MR) is 105 cm³/mol. The molecule has 0 heteroatoms. The van der Waals surface area contributed by atoms with E-state index in [0.29, 0.717) is 0 Å². The number of allylic oxidation sites excluding steroid dienone is 18. The van der Waals surface area contributed by atoms with Gasteiger partial charge in [-0.2, -0.15) is 0 Å². The molecule has 0 bridgehead atoms. The van der Waals surface area contributed by atoms with E-state index in [0.717, 1.165) is 0 Å². The summed E-state index contributed by atoms with van der Waals surface area (Å²) in [7, 11) is 0. The standard InChI is InChI=1S/C23H28/c1-2-4-6-8-10-12-14-16-18-20-22-23-21-19-17-15-13-11-9-7-5-3-1/h1-18H,19-23H2/b2-1-,5-3+,6-4+,9-7+,10-8+,13-11-,14-12+,17-15+,18-16?. The zero-order valence-corrected chi connectivity index (χ0v) is 13.9. The van der Waals surface area contributed by atoms with Crippen molar-refractivity contribution in [2.24, 2.45) is 0 Å². The molecule has 1 rings (SSSR count). The average Bonchev–Trinajstić information content (AvgIpc) is 2.56. The van der Waals surface area contributed by atoms with E-state index in [4.69, 9.17) is 0 Å². The van der Waals surface area contributed by atoms with Gasteiger partial charge in [0.2, 0.25) is 0 Å². The monoisotopic (exact) mass is 304 g/mol. The minimum Gasteiger partial charge on any atom is -0.0845 e. The number of hydrogen-bond donors (Lipinski definition) is 0. The van der Waals surface area contributed by atoms with Gasteiger partial charge in [-0.05, 0) is 25.7 Å². The van der Waals surface area contributed by atoms with E-state index in [1.807, 2.05) is 60.8 Å². The summed E-state index contributed by atoms with van der Waals surface area (Å²) in [6, 6.07) is 0. The van der Waals surface area contributed by atoms with Crippen molar-refractivity contribution in [2.75, 3.05) is 0 Å². The van der Waals surface area contributed by atoms with Crippen LogP contribution in [0.4, 0.5) is 0 Å². The molecular weight excluding hydrogens is 276 g/mol. The molecule has 0 amide bonds. The Morgan fingerprint density at radius 3 is 0.826 bits per heavy atom. The molecule has 1 aliphatic rings. The van der Waals surface area contributed by atoms with Crippen LogP contribution in [-0.2, 0) is 0 Å². The van der Waals surface area contributed by atoms with Crippen LogP contribution in [0.3, 0.4) is 0 Å². The van der Waals surface area contributed by atoms with Gasteiger partial charge in [-0.3, -0.25) is 0 Å². The van der Waals surface area contributed by atoms with Crippen LogP contribution < -0.4 is 0 Å². The molecule has 0 saturated carbocycles. The van der Waals surface area contributed by atoms with E-state index in [2.05, 4.69) is 48.6 Å². The van der Waals surface area contributed by atoms with Gasteiger partial charge in [-0.1, -0.05) is 116 Å². The highest BCUT2D eigenvalue weighted by atomic mass is 13.9. The second-order valence-electron chi connectivity index (χ2n) is 5.19. The van der Waals surface area contributed by atoms with Crippen LogP contribution in [0.5, 0.6) is 0 Å². The van der Waals surface area contributed by atoms with E-state index in [9.17, 15) is 0 Å². The highest BCUT2D eigenvalue weighted by Crippen LogP contribution is 2.04. The van der Waals surface area contributed by atoms with Crippen molar-refractivity contribution in [1.29, 1.82) is 0 Å². The van der Waals surface area contributed by atoms with E-state index >= 15 is 0 Å². The molecule has 0 radical (unpaired) electrons. The average molecular weight is 304 g/mol. The van der Waals surface area contributed by atoms with E-state index in [-0.39, 0.29) is 0 Å². The summed E-state index contributed by atoms with van der Waals surface area (Å²) in [6.07, 6.45) is 43.5. The molecule has 0 spiro atoms. The van der Waals surface area contributed by atoms with Gasteiger partial charge in [0.1, 0.15) is 0 Å². The van der Waals surface area contributed by atoms with Crippen molar-refractivity contribution in [3.63, 3.8) is 0 Å². The first-order chi connectivity index (χ1) is 11.5. The predicted octanol–water partition coefficient (Wildman–Crippen LogP) is 6.96. The first-order valence-corrected chi connectivity index (χ1v) is 8.48. The van der Waals surface area contributed by atoms with E-state index in [1.54, 1.807) is 0 Å². The van der Waals surface area contributed by atoms with Gasteiger partial charge in [-0.25, -0.2) is 0 Å². The molecule has 0 fully saturated rings. The lowest BCUT2D eigenvalue weighted by Gasteiger charge is -1.94. The lowest BCUT2D eigenvalue weighted by molar-refractivity contribution is 0.696. The Hall–Kier alpha value is -2.34. The minimum absolute atomic E-state index is 1.17. The lowest BCUT2D eigenvalue weighted by Crippen LogP contribution is -1.74. The zero-order chi connectivity index (χ0) is 16.3. The normalized spacial score (nSPS) is 28.9. The summed E-state index contributed by atoms with van der Waals surface area (Å²) in [5.41, 5.74) is 0. The number of hydrogen-bond acceptors (Lipinski definition) is 0. The first-order valence-electron chi connectivity index (χ1n) is 8.48. The zero-order valence-electron chi connectivity index (χ0n) is 13.9. The van der Waals surface area contributed by atoms with Gasteiger partial charge in [0.05, 0.1) is 0 Å². The van der Waals surface area contributed by atoms with Gasteiger partial charge in [0.15, 0.2) is 0 Å². The van der Waals surface area contributed by atoms with Crippen molar-refractivity contribution in [1.82, 2.24) is 0 Å². The highest BCUT2D eigenvalue weighted by molar-refractivity contribution is 5.21. The summed E-state index contributed by atoms with van der Waals surface area (Å²) in [5.74, 6) is 0.